The highest BCUT2D eigenvalue weighted by Crippen LogP contribution is 2.25. The number of nitrogens with zero attached hydrogens (tertiary/aromatic N) is 3. The van der Waals surface area contributed by atoms with E-state index in [1.165, 1.54) is 12.1 Å². The minimum atomic E-state index is -2.58. The Morgan fingerprint density at radius 2 is 1.90 bits per heavy atom. The quantitative estimate of drug-likeness (QED) is 0.362. The van der Waals surface area contributed by atoms with Gasteiger partial charge in [0, 0.05) is 43.1 Å². The summed E-state index contributed by atoms with van der Waals surface area (Å²) < 4.78 is 40.5. The summed E-state index contributed by atoms with van der Waals surface area (Å²) in [6.07, 6.45) is -0.591. The average Bonchev–Trinajstić information content (AvgIpc) is 3.38. The van der Waals surface area contributed by atoms with Gasteiger partial charge in [-0.05, 0) is 48.4 Å². The largest absolute Gasteiger partial charge is 0.502 e. The second kappa shape index (κ2) is 13.1. The van der Waals surface area contributed by atoms with Crippen LogP contribution in [0.3, 0.4) is 0 Å². The van der Waals surface area contributed by atoms with Crippen LogP contribution in [0.4, 0.5) is 13.2 Å². The van der Waals surface area contributed by atoms with Crippen molar-refractivity contribution in [3.05, 3.63) is 92.9 Å². The van der Waals surface area contributed by atoms with Gasteiger partial charge in [0.1, 0.15) is 5.82 Å². The molecule has 0 bridgehead atoms. The fourth-order valence-electron chi connectivity index (χ4n) is 4.58. The molecule has 2 atom stereocenters. The van der Waals surface area contributed by atoms with Gasteiger partial charge in [0.15, 0.2) is 0 Å². The molecule has 3 aromatic rings. The number of benzene rings is 2. The van der Waals surface area contributed by atoms with Gasteiger partial charge in [-0.15, -0.1) is 0 Å². The van der Waals surface area contributed by atoms with Crippen LogP contribution < -0.4 is 10.9 Å². The van der Waals surface area contributed by atoms with Crippen molar-refractivity contribution in [1.29, 1.82) is 5.26 Å². The van der Waals surface area contributed by atoms with Gasteiger partial charge < -0.3 is 15.4 Å². The third-order valence-electron chi connectivity index (χ3n) is 6.64. The molecule has 0 spiro atoms. The molecule has 39 heavy (non-hydrogen) atoms. The lowest BCUT2D eigenvalue weighted by atomic mass is 9.92. The zero-order valence-electron chi connectivity index (χ0n) is 21.1. The molecule has 7 nitrogen and oxygen atoms in total. The normalized spacial score (nSPS) is 16.0. The number of hydrogen-bond donors (Lipinski definition) is 3. The number of alkyl halides is 2. The lowest BCUT2D eigenvalue weighted by molar-refractivity contribution is 0.145. The van der Waals surface area contributed by atoms with E-state index in [0.29, 0.717) is 5.56 Å². The van der Waals surface area contributed by atoms with Gasteiger partial charge in [-0.3, -0.25) is 9.69 Å². The first kappa shape index (κ1) is 27.9. The Morgan fingerprint density at radius 1 is 1.15 bits per heavy atom. The van der Waals surface area contributed by atoms with Crippen LogP contribution in [0, 0.1) is 34.9 Å². The molecular weight excluding hydrogens is 507 g/mol. The first-order valence-electron chi connectivity index (χ1n) is 12.6. The van der Waals surface area contributed by atoms with Crippen LogP contribution in [-0.2, 0) is 13.0 Å². The Kier molecular flexibility index (Phi) is 9.37. The van der Waals surface area contributed by atoms with Crippen molar-refractivity contribution >= 4 is 0 Å². The SMILES string of the molecule is N#C[C@@H]1CCN(Cc2ccc(C#Cc3ccc(C(CNCC(F)F)Cc4nc[nH]c(=O)c4O)c(F)c3)cc2)C1. The second-order valence-corrected chi connectivity index (χ2v) is 9.51. The number of rotatable bonds is 9. The highest BCUT2D eigenvalue weighted by molar-refractivity contribution is 5.45. The van der Waals surface area contributed by atoms with Gasteiger partial charge in [0.2, 0.25) is 5.75 Å². The minimum Gasteiger partial charge on any atom is -0.502 e. The number of nitrogens with one attached hydrogen (secondary N) is 2. The molecule has 0 saturated carbocycles. The molecule has 1 unspecified atom stereocenters. The van der Waals surface area contributed by atoms with Crippen LogP contribution >= 0.6 is 0 Å². The number of likely N-dealkylation sites (tertiary alicyclic amines) is 1. The molecule has 0 amide bonds. The van der Waals surface area contributed by atoms with E-state index in [-0.39, 0.29) is 30.1 Å². The van der Waals surface area contributed by atoms with E-state index in [9.17, 15) is 18.7 Å². The second-order valence-electron chi connectivity index (χ2n) is 9.51. The molecule has 1 aromatic heterocycles. The summed E-state index contributed by atoms with van der Waals surface area (Å²) in [5.74, 6) is 4.24. The van der Waals surface area contributed by atoms with Gasteiger partial charge >= 0.3 is 0 Å². The van der Waals surface area contributed by atoms with Crippen molar-refractivity contribution in [2.45, 2.75) is 31.7 Å². The first-order valence-corrected chi connectivity index (χ1v) is 12.6. The monoisotopic (exact) mass is 535 g/mol. The molecule has 1 fully saturated rings. The zero-order chi connectivity index (χ0) is 27.8. The standard InChI is InChI=1S/C29H28F3N5O2/c30-25-11-20(4-1-19-2-5-21(6-3-19)16-37-10-9-22(13-33)17-37)7-8-24(25)23(14-34-15-27(31)32)12-26-28(38)29(39)36-18-35-26/h2-3,5-8,11,18,22-23,27,34,38H,9-10,12,14-17H2,(H,35,36,39)/t22-,23?/m0/s1. The summed E-state index contributed by atoms with van der Waals surface area (Å²) in [4.78, 5) is 20.2. The third-order valence-corrected chi connectivity index (χ3v) is 6.64. The van der Waals surface area contributed by atoms with Crippen molar-refractivity contribution in [2.75, 3.05) is 26.2 Å². The van der Waals surface area contributed by atoms with Crippen molar-refractivity contribution in [2.24, 2.45) is 5.92 Å². The van der Waals surface area contributed by atoms with Crippen LogP contribution in [0.15, 0.2) is 53.6 Å². The van der Waals surface area contributed by atoms with Crippen molar-refractivity contribution in [3.63, 3.8) is 0 Å². The number of H-pyrrole nitrogens is 1. The Morgan fingerprint density at radius 3 is 2.59 bits per heavy atom. The van der Waals surface area contributed by atoms with Crippen molar-refractivity contribution in [1.82, 2.24) is 20.2 Å². The first-order chi connectivity index (χ1) is 18.8. The van der Waals surface area contributed by atoms with E-state index in [4.69, 9.17) is 5.26 Å². The Bertz CT molecular complexity index is 1440. The number of nitriles is 1. The molecule has 0 aliphatic carbocycles. The van der Waals surface area contributed by atoms with Crippen LogP contribution in [0.1, 0.15) is 40.3 Å². The maximum atomic E-state index is 15.2. The van der Waals surface area contributed by atoms with E-state index in [1.54, 1.807) is 6.07 Å². The molecule has 0 radical (unpaired) electrons. The lowest BCUT2D eigenvalue weighted by Crippen LogP contribution is -2.28. The predicted octanol–water partition coefficient (Wildman–Crippen LogP) is 3.54. The molecule has 202 valence electrons. The summed E-state index contributed by atoms with van der Waals surface area (Å²) >= 11 is 0. The summed E-state index contributed by atoms with van der Waals surface area (Å²) in [7, 11) is 0. The fourth-order valence-corrected chi connectivity index (χ4v) is 4.58. The summed E-state index contributed by atoms with van der Waals surface area (Å²) in [6.45, 7) is 1.88. The maximum Gasteiger partial charge on any atom is 0.293 e. The van der Waals surface area contributed by atoms with Crippen LogP contribution in [0.2, 0.25) is 0 Å². The van der Waals surface area contributed by atoms with Gasteiger partial charge in [0.25, 0.3) is 12.0 Å². The van der Waals surface area contributed by atoms with E-state index in [0.717, 1.165) is 43.5 Å². The summed E-state index contributed by atoms with van der Waals surface area (Å²) in [5.41, 5.74) is 1.88. The number of hydrogen-bond acceptors (Lipinski definition) is 6. The minimum absolute atomic E-state index is 0.0127. The van der Waals surface area contributed by atoms with Gasteiger partial charge in [0.05, 0.1) is 30.6 Å². The molecule has 10 heteroatoms. The highest BCUT2D eigenvalue weighted by atomic mass is 19.3. The average molecular weight is 536 g/mol. The fraction of sp³-hybridized carbons (Fsp3) is 0.345. The maximum absolute atomic E-state index is 15.2. The Balaban J connectivity index is 1.46. The molecule has 2 aromatic carbocycles. The van der Waals surface area contributed by atoms with E-state index < -0.39 is 36.0 Å². The predicted molar refractivity (Wildman–Crippen MR) is 140 cm³/mol. The summed E-state index contributed by atoms with van der Waals surface area (Å²) in [5, 5.41) is 21.7. The molecule has 2 heterocycles. The molecular formula is C29H28F3N5O2. The number of aromatic hydroxyl groups is 1. The molecule has 1 aliphatic rings. The number of halogens is 3. The van der Waals surface area contributed by atoms with Gasteiger partial charge in [-0.25, -0.2) is 18.2 Å². The van der Waals surface area contributed by atoms with Crippen molar-refractivity contribution in [3.8, 4) is 23.7 Å². The third kappa shape index (κ3) is 7.70. The van der Waals surface area contributed by atoms with E-state index in [2.05, 4.69) is 38.1 Å². The van der Waals surface area contributed by atoms with E-state index in [1.807, 2.05) is 24.3 Å². The van der Waals surface area contributed by atoms with Gasteiger partial charge in [-0.2, -0.15) is 5.26 Å². The number of aromatic nitrogens is 2. The molecule has 1 saturated heterocycles. The van der Waals surface area contributed by atoms with Crippen LogP contribution in [0.5, 0.6) is 5.75 Å². The Labute approximate surface area is 224 Å². The van der Waals surface area contributed by atoms with Crippen LogP contribution in [-0.4, -0.2) is 52.6 Å². The molecule has 3 N–H and O–H groups in total. The Hall–Kier alpha value is -4.12. The van der Waals surface area contributed by atoms with Gasteiger partial charge in [-0.1, -0.05) is 30.0 Å². The smallest absolute Gasteiger partial charge is 0.293 e. The van der Waals surface area contributed by atoms with Crippen LogP contribution in [0.25, 0.3) is 0 Å². The number of aromatic amines is 1. The van der Waals surface area contributed by atoms with E-state index >= 15 is 4.39 Å². The van der Waals surface area contributed by atoms with Crippen molar-refractivity contribution < 1.29 is 18.3 Å². The zero-order valence-corrected chi connectivity index (χ0v) is 21.1. The highest BCUT2D eigenvalue weighted by Gasteiger charge is 2.22. The lowest BCUT2D eigenvalue weighted by Gasteiger charge is -2.19. The molecule has 4 rings (SSSR count). The topological polar surface area (TPSA) is 105 Å². The molecule has 1 aliphatic heterocycles. The summed E-state index contributed by atoms with van der Waals surface area (Å²) in [6, 6.07) is 14.6.